The lowest BCUT2D eigenvalue weighted by Crippen LogP contribution is -2.09. The van der Waals surface area contributed by atoms with Crippen molar-refractivity contribution in [3.63, 3.8) is 0 Å². The smallest absolute Gasteiger partial charge is 0.138 e. The number of aromatic amines is 1. The molecule has 130 valence electrons. The van der Waals surface area contributed by atoms with Crippen LogP contribution in [0.3, 0.4) is 0 Å². The second-order valence-corrected chi connectivity index (χ2v) is 6.70. The van der Waals surface area contributed by atoms with Gasteiger partial charge in [0.05, 0.1) is 17.8 Å². The highest BCUT2D eigenvalue weighted by Gasteiger charge is 2.12. The summed E-state index contributed by atoms with van der Waals surface area (Å²) in [7, 11) is 0. The van der Waals surface area contributed by atoms with Gasteiger partial charge in [0.2, 0.25) is 0 Å². The topological polar surface area (TPSA) is 66.5 Å². The zero-order valence-electron chi connectivity index (χ0n) is 14.5. The van der Waals surface area contributed by atoms with Crippen molar-refractivity contribution in [3.8, 4) is 11.1 Å². The van der Waals surface area contributed by atoms with Crippen LogP contribution in [0.1, 0.15) is 24.4 Å². The maximum Gasteiger partial charge on any atom is 0.138 e. The first-order valence-corrected chi connectivity index (χ1v) is 8.77. The van der Waals surface area contributed by atoms with Gasteiger partial charge < -0.3 is 5.32 Å². The summed E-state index contributed by atoms with van der Waals surface area (Å²) in [6, 6.07) is 14.1. The quantitative estimate of drug-likeness (QED) is 0.526. The van der Waals surface area contributed by atoms with E-state index in [-0.39, 0.29) is 6.04 Å². The highest BCUT2D eigenvalue weighted by Crippen LogP contribution is 2.29. The van der Waals surface area contributed by atoms with E-state index in [1.54, 1.807) is 6.20 Å². The first-order valence-electron chi connectivity index (χ1n) is 8.40. The highest BCUT2D eigenvalue weighted by molar-refractivity contribution is 6.30. The minimum atomic E-state index is 0.0591. The average molecular weight is 364 g/mol. The molecule has 4 rings (SSSR count). The lowest BCUT2D eigenvalue weighted by molar-refractivity contribution is 0.872. The Labute approximate surface area is 156 Å². The molecule has 0 aliphatic carbocycles. The molecule has 2 aromatic carbocycles. The summed E-state index contributed by atoms with van der Waals surface area (Å²) >= 11 is 6.13. The molecule has 0 radical (unpaired) electrons. The van der Waals surface area contributed by atoms with Gasteiger partial charge in [-0.1, -0.05) is 29.8 Å². The maximum absolute atomic E-state index is 6.13. The molecule has 2 N–H and O–H groups in total. The number of aromatic nitrogens is 4. The summed E-state index contributed by atoms with van der Waals surface area (Å²) < 4.78 is 0. The van der Waals surface area contributed by atoms with E-state index >= 15 is 0 Å². The summed E-state index contributed by atoms with van der Waals surface area (Å²) in [6.07, 6.45) is 3.68. The number of rotatable bonds is 4. The number of fused-ring (bicyclic) bond motifs is 1. The van der Waals surface area contributed by atoms with Gasteiger partial charge in [0.15, 0.2) is 0 Å². The molecule has 0 amide bonds. The van der Waals surface area contributed by atoms with Crippen LogP contribution in [0, 0.1) is 6.92 Å². The Morgan fingerprint density at radius 1 is 1.08 bits per heavy atom. The summed E-state index contributed by atoms with van der Waals surface area (Å²) in [4.78, 5) is 9.19. The molecule has 0 saturated heterocycles. The molecule has 2 heterocycles. The Kier molecular flexibility index (Phi) is 4.31. The van der Waals surface area contributed by atoms with Gasteiger partial charge in [0.25, 0.3) is 0 Å². The van der Waals surface area contributed by atoms with E-state index in [0.29, 0.717) is 0 Å². The van der Waals surface area contributed by atoms with Gasteiger partial charge in [-0.3, -0.25) is 5.10 Å². The fourth-order valence-corrected chi connectivity index (χ4v) is 3.21. The molecule has 0 bridgehead atoms. The van der Waals surface area contributed by atoms with Crippen LogP contribution < -0.4 is 5.32 Å². The number of hydrogen-bond acceptors (Lipinski definition) is 4. The van der Waals surface area contributed by atoms with Crippen LogP contribution in [0.2, 0.25) is 5.02 Å². The van der Waals surface area contributed by atoms with E-state index in [0.717, 1.165) is 44.3 Å². The number of benzene rings is 2. The summed E-state index contributed by atoms with van der Waals surface area (Å²) in [5.41, 5.74) is 4.11. The highest BCUT2D eigenvalue weighted by atomic mass is 35.5. The second kappa shape index (κ2) is 6.77. The first kappa shape index (κ1) is 16.5. The molecule has 0 aliphatic rings. The summed E-state index contributed by atoms with van der Waals surface area (Å²) in [5.74, 6) is 1.54. The minimum absolute atomic E-state index is 0.0591. The molecule has 0 spiro atoms. The van der Waals surface area contributed by atoms with Crippen molar-refractivity contribution < 1.29 is 0 Å². The fourth-order valence-electron chi connectivity index (χ4n) is 3.01. The van der Waals surface area contributed by atoms with E-state index in [9.17, 15) is 0 Å². The third-order valence-corrected chi connectivity index (χ3v) is 4.58. The molecule has 26 heavy (non-hydrogen) atoms. The predicted octanol–water partition coefficient (Wildman–Crippen LogP) is 5.15. The zero-order valence-corrected chi connectivity index (χ0v) is 15.2. The third kappa shape index (κ3) is 3.26. The molecular formula is C20H18ClN5. The lowest BCUT2D eigenvalue weighted by atomic mass is 10.1. The van der Waals surface area contributed by atoms with E-state index in [1.165, 1.54) is 0 Å². The van der Waals surface area contributed by atoms with Crippen LogP contribution in [-0.4, -0.2) is 20.2 Å². The standard InChI is InChI=1S/C20H18ClN5/c1-12(14-4-3-5-17(21)8-14)24-20-18-9-15(16-10-22-23-11-16)6-7-19(18)25-13(2)26-20/h3-12H,1-2H3,(H,22,23)(H,24,25,26)/t12-/m1/s1. The summed E-state index contributed by atoms with van der Waals surface area (Å²) in [5, 5.41) is 12.1. The van der Waals surface area contributed by atoms with E-state index in [2.05, 4.69) is 44.5 Å². The predicted molar refractivity (Wildman–Crippen MR) is 105 cm³/mol. The third-order valence-electron chi connectivity index (χ3n) is 4.34. The van der Waals surface area contributed by atoms with Gasteiger partial charge in [-0.2, -0.15) is 5.10 Å². The largest absolute Gasteiger partial charge is 0.363 e. The van der Waals surface area contributed by atoms with Gasteiger partial charge in [-0.05, 0) is 49.2 Å². The van der Waals surface area contributed by atoms with E-state index in [1.807, 2.05) is 43.5 Å². The maximum atomic E-state index is 6.13. The van der Waals surface area contributed by atoms with Gasteiger partial charge in [-0.25, -0.2) is 9.97 Å². The summed E-state index contributed by atoms with van der Waals surface area (Å²) in [6.45, 7) is 3.99. The SMILES string of the molecule is Cc1nc(N[C@H](C)c2cccc(Cl)c2)c2cc(-c3cn[nH]c3)ccc2n1. The molecule has 0 aliphatic heterocycles. The van der Waals surface area contributed by atoms with E-state index < -0.39 is 0 Å². The first-order chi connectivity index (χ1) is 12.6. The van der Waals surface area contributed by atoms with Crippen LogP contribution in [0.5, 0.6) is 0 Å². The van der Waals surface area contributed by atoms with Crippen molar-refractivity contribution in [1.82, 2.24) is 20.2 Å². The van der Waals surface area contributed by atoms with Crippen molar-refractivity contribution in [2.24, 2.45) is 0 Å². The van der Waals surface area contributed by atoms with Crippen LogP contribution in [0.25, 0.3) is 22.0 Å². The molecule has 0 fully saturated rings. The van der Waals surface area contributed by atoms with Crippen LogP contribution >= 0.6 is 11.6 Å². The van der Waals surface area contributed by atoms with E-state index in [4.69, 9.17) is 11.6 Å². The number of hydrogen-bond donors (Lipinski definition) is 2. The molecule has 4 aromatic rings. The van der Waals surface area contributed by atoms with Gasteiger partial charge in [0, 0.05) is 22.2 Å². The fraction of sp³-hybridized carbons (Fsp3) is 0.150. The number of H-pyrrole nitrogens is 1. The van der Waals surface area contributed by atoms with Crippen molar-refractivity contribution in [1.29, 1.82) is 0 Å². The molecule has 2 aromatic heterocycles. The van der Waals surface area contributed by atoms with Gasteiger partial charge >= 0.3 is 0 Å². The van der Waals surface area contributed by atoms with Gasteiger partial charge in [-0.15, -0.1) is 0 Å². The zero-order chi connectivity index (χ0) is 18.1. The Balaban J connectivity index is 1.76. The lowest BCUT2D eigenvalue weighted by Gasteiger charge is -2.17. The second-order valence-electron chi connectivity index (χ2n) is 6.26. The molecular weight excluding hydrogens is 346 g/mol. The Bertz CT molecular complexity index is 1060. The van der Waals surface area contributed by atoms with Crippen LogP contribution in [0.4, 0.5) is 5.82 Å². The Morgan fingerprint density at radius 2 is 1.96 bits per heavy atom. The van der Waals surface area contributed by atoms with Gasteiger partial charge in [0.1, 0.15) is 11.6 Å². The molecule has 0 saturated carbocycles. The normalized spacial score (nSPS) is 12.3. The van der Waals surface area contributed by atoms with Crippen molar-refractivity contribution in [3.05, 3.63) is 71.3 Å². The number of anilines is 1. The molecule has 0 unspecified atom stereocenters. The monoisotopic (exact) mass is 363 g/mol. The average Bonchev–Trinajstić information content (AvgIpc) is 3.16. The van der Waals surface area contributed by atoms with Crippen molar-refractivity contribution in [2.75, 3.05) is 5.32 Å². The number of nitrogens with zero attached hydrogens (tertiary/aromatic N) is 3. The molecule has 6 heteroatoms. The van der Waals surface area contributed by atoms with Crippen molar-refractivity contribution in [2.45, 2.75) is 19.9 Å². The Morgan fingerprint density at radius 3 is 2.73 bits per heavy atom. The molecule has 5 nitrogen and oxygen atoms in total. The van der Waals surface area contributed by atoms with Crippen LogP contribution in [-0.2, 0) is 0 Å². The number of halogens is 1. The van der Waals surface area contributed by atoms with Crippen LogP contribution in [0.15, 0.2) is 54.9 Å². The molecule has 1 atom stereocenters. The minimum Gasteiger partial charge on any atom is -0.363 e. The Hall–Kier alpha value is -2.92. The number of nitrogens with one attached hydrogen (secondary N) is 2. The number of aryl methyl sites for hydroxylation is 1. The van der Waals surface area contributed by atoms with Crippen molar-refractivity contribution >= 4 is 28.3 Å².